The molecule has 1 atom stereocenters. The number of likely N-dealkylation sites (tertiary alicyclic amines) is 1. The van der Waals surface area contributed by atoms with E-state index < -0.39 is 0 Å². The summed E-state index contributed by atoms with van der Waals surface area (Å²) in [7, 11) is 1.97. The average molecular weight is 476 g/mol. The number of hydrogen-bond donors (Lipinski definition) is 1. The maximum atomic E-state index is 12.2. The van der Waals surface area contributed by atoms with Gasteiger partial charge in [-0.3, -0.25) is 4.79 Å². The van der Waals surface area contributed by atoms with Gasteiger partial charge in [-0.1, -0.05) is 30.3 Å². The van der Waals surface area contributed by atoms with Crippen LogP contribution in [0.15, 0.2) is 55.6 Å². The van der Waals surface area contributed by atoms with Crippen LogP contribution in [0.3, 0.4) is 0 Å². The fourth-order valence-electron chi connectivity index (χ4n) is 4.52. The molecular weight excluding hydrogens is 454 g/mol. The summed E-state index contributed by atoms with van der Waals surface area (Å²) >= 11 is 5.84. The molecule has 1 aromatic carbocycles. The average Bonchev–Trinajstić information content (AvgIpc) is 3.44. The van der Waals surface area contributed by atoms with E-state index in [1.54, 1.807) is 0 Å². The van der Waals surface area contributed by atoms with E-state index in [4.69, 9.17) is 22.1 Å². The van der Waals surface area contributed by atoms with Crippen LogP contribution in [0.1, 0.15) is 18.0 Å². The third-order valence-electron chi connectivity index (χ3n) is 6.05. The summed E-state index contributed by atoms with van der Waals surface area (Å²) in [5.74, 6) is 1.05. The maximum absolute atomic E-state index is 12.2. The number of fused-ring (bicyclic) bond motifs is 1. The van der Waals surface area contributed by atoms with Crippen molar-refractivity contribution in [3.05, 3.63) is 66.4 Å². The summed E-state index contributed by atoms with van der Waals surface area (Å²) in [5, 5.41) is 1.23. The van der Waals surface area contributed by atoms with Crippen LogP contribution in [0, 0.1) is 0 Å². The van der Waals surface area contributed by atoms with Crippen molar-refractivity contribution in [1.82, 2.24) is 29.4 Å². The van der Waals surface area contributed by atoms with Gasteiger partial charge in [0.15, 0.2) is 0 Å². The highest BCUT2D eigenvalue weighted by Gasteiger charge is 2.32. The van der Waals surface area contributed by atoms with Gasteiger partial charge in [0.05, 0.1) is 22.8 Å². The molecule has 3 aromatic heterocycles. The molecule has 0 radical (unpaired) electrons. The number of nitrogen functional groups attached to an aromatic ring is 1. The van der Waals surface area contributed by atoms with Crippen molar-refractivity contribution in [2.45, 2.75) is 12.3 Å². The van der Waals surface area contributed by atoms with Gasteiger partial charge in [-0.15, -0.1) is 0 Å². The number of carbonyl (C=O) groups excluding carboxylic acids is 1. The SMILES string of the molecule is C=CC(=O)N1CCC(c2c(-c3ccc(Oc4ncc(Cl)cn4)cc3)c3c(N)ncnc3n2C)C1. The van der Waals surface area contributed by atoms with Crippen LogP contribution in [0.25, 0.3) is 22.2 Å². The van der Waals surface area contributed by atoms with Crippen LogP contribution < -0.4 is 10.5 Å². The zero-order valence-corrected chi connectivity index (χ0v) is 19.2. The largest absolute Gasteiger partial charge is 0.424 e. The van der Waals surface area contributed by atoms with Crippen LogP contribution >= 0.6 is 11.6 Å². The lowest BCUT2D eigenvalue weighted by Crippen LogP contribution is -2.26. The molecule has 2 N–H and O–H groups in total. The second-order valence-electron chi connectivity index (χ2n) is 8.06. The summed E-state index contributed by atoms with van der Waals surface area (Å²) in [6.45, 7) is 4.89. The molecule has 4 aromatic rings. The summed E-state index contributed by atoms with van der Waals surface area (Å²) < 4.78 is 7.79. The first kappa shape index (κ1) is 21.8. The molecule has 1 aliphatic rings. The van der Waals surface area contributed by atoms with Crippen molar-refractivity contribution < 1.29 is 9.53 Å². The third-order valence-corrected chi connectivity index (χ3v) is 6.25. The lowest BCUT2D eigenvalue weighted by Gasteiger charge is -2.17. The molecule has 1 fully saturated rings. The normalized spacial score (nSPS) is 15.6. The highest BCUT2D eigenvalue weighted by Crippen LogP contribution is 2.42. The fourth-order valence-corrected chi connectivity index (χ4v) is 4.62. The number of anilines is 1. The molecule has 5 rings (SSSR count). The van der Waals surface area contributed by atoms with Gasteiger partial charge in [0.1, 0.15) is 23.5 Å². The Kier molecular flexibility index (Phi) is 5.62. The molecule has 9 nitrogen and oxygen atoms in total. The van der Waals surface area contributed by atoms with E-state index in [9.17, 15) is 4.79 Å². The van der Waals surface area contributed by atoms with Gasteiger partial charge in [-0.05, 0) is 30.2 Å². The number of aromatic nitrogens is 5. The van der Waals surface area contributed by atoms with Crippen LogP contribution in [-0.4, -0.2) is 48.4 Å². The fraction of sp³-hybridized carbons (Fsp3) is 0.208. The van der Waals surface area contributed by atoms with Crippen molar-refractivity contribution in [2.24, 2.45) is 7.05 Å². The van der Waals surface area contributed by atoms with Crippen LogP contribution in [0.5, 0.6) is 11.8 Å². The number of hydrogen-bond acceptors (Lipinski definition) is 7. The summed E-state index contributed by atoms with van der Waals surface area (Å²) in [4.78, 5) is 30.9. The number of amides is 1. The van der Waals surface area contributed by atoms with E-state index in [0.717, 1.165) is 34.3 Å². The van der Waals surface area contributed by atoms with E-state index in [1.165, 1.54) is 24.8 Å². The highest BCUT2D eigenvalue weighted by atomic mass is 35.5. The van der Waals surface area contributed by atoms with E-state index in [-0.39, 0.29) is 17.8 Å². The summed E-state index contributed by atoms with van der Waals surface area (Å²) in [6, 6.07) is 7.81. The van der Waals surface area contributed by atoms with Crippen LogP contribution in [0.4, 0.5) is 5.82 Å². The molecule has 1 aliphatic heterocycles. The first-order chi connectivity index (χ1) is 16.5. The van der Waals surface area contributed by atoms with Gasteiger partial charge in [0.25, 0.3) is 0 Å². The minimum atomic E-state index is -0.0620. The first-order valence-electron chi connectivity index (χ1n) is 10.7. The van der Waals surface area contributed by atoms with Crippen LogP contribution in [0.2, 0.25) is 5.02 Å². The van der Waals surface area contributed by atoms with Gasteiger partial charge in [-0.25, -0.2) is 19.9 Å². The van der Waals surface area contributed by atoms with Gasteiger partial charge in [0, 0.05) is 37.3 Å². The number of rotatable bonds is 5. The van der Waals surface area contributed by atoms with E-state index >= 15 is 0 Å². The molecule has 34 heavy (non-hydrogen) atoms. The van der Waals surface area contributed by atoms with Crippen molar-refractivity contribution in [3.63, 3.8) is 0 Å². The lowest BCUT2D eigenvalue weighted by molar-refractivity contribution is -0.125. The second-order valence-corrected chi connectivity index (χ2v) is 8.50. The number of ether oxygens (including phenoxy) is 1. The van der Waals surface area contributed by atoms with Crippen molar-refractivity contribution >= 4 is 34.4 Å². The molecule has 10 heteroatoms. The molecule has 1 unspecified atom stereocenters. The number of halogens is 1. The van der Waals surface area contributed by atoms with E-state index in [1.807, 2.05) is 36.2 Å². The molecule has 0 spiro atoms. The lowest BCUT2D eigenvalue weighted by atomic mass is 9.94. The topological polar surface area (TPSA) is 112 Å². The third kappa shape index (κ3) is 3.84. The quantitative estimate of drug-likeness (QED) is 0.435. The molecule has 4 heterocycles. The molecule has 0 aliphatic carbocycles. The Morgan fingerprint density at radius 2 is 1.94 bits per heavy atom. The zero-order valence-electron chi connectivity index (χ0n) is 18.5. The molecule has 172 valence electrons. The molecule has 0 bridgehead atoms. The van der Waals surface area contributed by atoms with E-state index in [2.05, 4.69) is 31.1 Å². The number of nitrogens with zero attached hydrogens (tertiary/aromatic N) is 6. The van der Waals surface area contributed by atoms with E-state index in [0.29, 0.717) is 29.7 Å². The van der Waals surface area contributed by atoms with Gasteiger partial charge in [-0.2, -0.15) is 0 Å². The summed E-state index contributed by atoms with van der Waals surface area (Å²) in [5.41, 5.74) is 10.0. The van der Waals surface area contributed by atoms with Crippen molar-refractivity contribution in [1.29, 1.82) is 0 Å². The molecule has 1 saturated heterocycles. The van der Waals surface area contributed by atoms with Gasteiger partial charge in [0.2, 0.25) is 5.91 Å². The van der Waals surface area contributed by atoms with Gasteiger partial charge < -0.3 is 19.9 Å². The number of nitrogens with two attached hydrogens (primary N) is 1. The van der Waals surface area contributed by atoms with Gasteiger partial charge >= 0.3 is 6.01 Å². The highest BCUT2D eigenvalue weighted by molar-refractivity contribution is 6.30. The maximum Gasteiger partial charge on any atom is 0.321 e. The second kappa shape index (κ2) is 8.75. The Labute approximate surface area is 200 Å². The van der Waals surface area contributed by atoms with Crippen LogP contribution in [-0.2, 0) is 11.8 Å². The van der Waals surface area contributed by atoms with Crippen molar-refractivity contribution in [2.75, 3.05) is 18.8 Å². The number of carbonyl (C=O) groups is 1. The minimum Gasteiger partial charge on any atom is -0.424 e. The summed E-state index contributed by atoms with van der Waals surface area (Å²) in [6.07, 6.45) is 6.61. The van der Waals surface area contributed by atoms with Crippen molar-refractivity contribution in [3.8, 4) is 22.9 Å². The first-order valence-corrected chi connectivity index (χ1v) is 11.1. The monoisotopic (exact) mass is 475 g/mol. The standard InChI is InChI=1S/C24H22ClN7O2/c1-3-18(33)32-9-8-15(12-32)21-19(20-22(26)29-13-30-23(20)31(21)2)14-4-6-17(7-5-14)34-24-27-10-16(25)11-28-24/h3-7,10-11,13,15H,1,8-9,12H2,2H3,(H2,26,29,30). The minimum absolute atomic E-state index is 0.0620. The Hall–Kier alpha value is -3.98. The number of benzene rings is 1. The molecule has 1 amide bonds. The Bertz CT molecular complexity index is 1380. The Balaban J connectivity index is 1.56. The smallest absolute Gasteiger partial charge is 0.321 e. The Morgan fingerprint density at radius 3 is 2.65 bits per heavy atom. The Morgan fingerprint density at radius 1 is 1.21 bits per heavy atom. The molecular formula is C24H22ClN7O2. The zero-order chi connectivity index (χ0) is 23.8. The predicted octanol–water partition coefficient (Wildman–Crippen LogP) is 3.96. The predicted molar refractivity (Wildman–Crippen MR) is 130 cm³/mol. The molecule has 0 saturated carbocycles. The number of aryl methyl sites for hydroxylation is 1.